The van der Waals surface area contributed by atoms with Crippen molar-refractivity contribution >= 4 is 32.3 Å². The number of halogens is 1. The van der Waals surface area contributed by atoms with E-state index < -0.39 is 15.7 Å². The molecule has 1 amide bonds. The quantitative estimate of drug-likeness (QED) is 0.288. The predicted octanol–water partition coefficient (Wildman–Crippen LogP) is 6.18. The average molecular weight is 565 g/mol. The number of sulfone groups is 1. The van der Waals surface area contributed by atoms with Crippen LogP contribution < -0.4 is 10.1 Å². The third-order valence-corrected chi connectivity index (χ3v) is 9.49. The van der Waals surface area contributed by atoms with Gasteiger partial charge < -0.3 is 10.1 Å². The topological polar surface area (TPSA) is 103 Å². The zero-order valence-corrected chi connectivity index (χ0v) is 24.0. The summed E-state index contributed by atoms with van der Waals surface area (Å²) in [6.45, 7) is 9.62. The second-order valence-corrected chi connectivity index (χ2v) is 13.8. The van der Waals surface area contributed by atoms with Crippen LogP contribution in [0.4, 0.5) is 10.1 Å². The van der Waals surface area contributed by atoms with Gasteiger partial charge in [0.05, 0.1) is 39.5 Å². The molecule has 40 heavy (non-hydrogen) atoms. The van der Waals surface area contributed by atoms with Crippen LogP contribution in [0.3, 0.4) is 0 Å². The first kappa shape index (κ1) is 27.8. The number of fused-ring (bicyclic) bond motifs is 1. The van der Waals surface area contributed by atoms with Gasteiger partial charge in [0, 0.05) is 23.3 Å². The van der Waals surface area contributed by atoms with Gasteiger partial charge in [-0.3, -0.25) is 14.5 Å². The number of hydrogen-bond donors (Lipinski definition) is 1. The number of rotatable bonds is 7. The fourth-order valence-electron chi connectivity index (χ4n) is 4.86. The molecule has 210 valence electrons. The number of nitrogens with zero attached hydrogens (tertiary/aromatic N) is 3. The van der Waals surface area contributed by atoms with Gasteiger partial charge in [0.2, 0.25) is 5.91 Å². The van der Waals surface area contributed by atoms with Gasteiger partial charge >= 0.3 is 0 Å². The molecular weight excluding hydrogens is 531 g/mol. The third-order valence-electron chi connectivity index (χ3n) is 7.31. The van der Waals surface area contributed by atoms with Crippen molar-refractivity contribution in [3.63, 3.8) is 0 Å². The smallest absolute Gasteiger partial charge is 0.228 e. The first-order chi connectivity index (χ1) is 18.8. The second-order valence-electron chi connectivity index (χ2n) is 11.6. The molecule has 2 aromatic carbocycles. The van der Waals surface area contributed by atoms with Crippen LogP contribution in [0.1, 0.15) is 51.7 Å². The minimum Gasteiger partial charge on any atom is -0.456 e. The molecular formula is C30H33FN4O4S. The molecule has 1 N–H and O–H groups in total. The first-order valence-corrected chi connectivity index (χ1v) is 14.8. The Morgan fingerprint density at radius 3 is 2.58 bits per heavy atom. The van der Waals surface area contributed by atoms with E-state index in [-0.39, 0.29) is 44.9 Å². The molecule has 0 radical (unpaired) electrons. The summed E-state index contributed by atoms with van der Waals surface area (Å²) in [7, 11) is -3.46. The van der Waals surface area contributed by atoms with Crippen LogP contribution in [0.2, 0.25) is 0 Å². The predicted molar refractivity (Wildman–Crippen MR) is 152 cm³/mol. The minimum absolute atomic E-state index is 0.160. The minimum atomic E-state index is -3.46. The highest BCUT2D eigenvalue weighted by Crippen LogP contribution is 2.38. The molecule has 0 atom stereocenters. The largest absolute Gasteiger partial charge is 0.456 e. The molecule has 1 fully saturated rings. The van der Waals surface area contributed by atoms with Gasteiger partial charge in [0.15, 0.2) is 9.84 Å². The van der Waals surface area contributed by atoms with Crippen molar-refractivity contribution in [2.75, 3.05) is 5.32 Å². The van der Waals surface area contributed by atoms with E-state index in [1.165, 1.54) is 6.07 Å². The Labute approximate surface area is 233 Å². The molecule has 5 rings (SSSR count). The lowest BCUT2D eigenvalue weighted by Crippen LogP contribution is -2.34. The van der Waals surface area contributed by atoms with Crippen molar-refractivity contribution in [3.05, 3.63) is 71.9 Å². The van der Waals surface area contributed by atoms with Gasteiger partial charge in [-0.25, -0.2) is 12.8 Å². The van der Waals surface area contributed by atoms with Crippen LogP contribution in [0.25, 0.3) is 10.9 Å². The highest BCUT2D eigenvalue weighted by atomic mass is 32.2. The van der Waals surface area contributed by atoms with Crippen molar-refractivity contribution in [3.8, 4) is 11.5 Å². The molecule has 1 saturated carbocycles. The van der Waals surface area contributed by atoms with E-state index >= 15 is 4.39 Å². The number of benzene rings is 2. The fourth-order valence-corrected chi connectivity index (χ4v) is 6.95. The molecule has 0 unspecified atom stereocenters. The van der Waals surface area contributed by atoms with E-state index in [2.05, 4.69) is 15.4 Å². The standard InChI is InChI=1S/C30H33FN4O4S/c1-18-12-23(13-18)40(37,38)22-7-8-25-24(15-22)27(10-11-32-25)39-26-9-6-20(29(31)19(26)2)14-28(36)34-21-16-33-35(17-21)30(3,4)5/h6-11,15-18,23H,12-14H2,1-5H3,(H,34,36). The van der Waals surface area contributed by atoms with Crippen LogP contribution >= 0.6 is 0 Å². The number of carbonyl (C=O) groups excluding carboxylic acids is 1. The van der Waals surface area contributed by atoms with Gasteiger partial charge in [-0.1, -0.05) is 13.0 Å². The summed E-state index contributed by atoms with van der Waals surface area (Å²) in [6, 6.07) is 9.59. The van der Waals surface area contributed by atoms with Crippen molar-refractivity contribution in [1.82, 2.24) is 14.8 Å². The van der Waals surface area contributed by atoms with Crippen LogP contribution in [0.15, 0.2) is 59.9 Å². The SMILES string of the molecule is Cc1c(Oc2ccnc3ccc(S(=O)(=O)C4CC(C)C4)cc23)ccc(CC(=O)Nc2cnn(C(C)(C)C)c2)c1F. The Morgan fingerprint density at radius 1 is 1.15 bits per heavy atom. The summed E-state index contributed by atoms with van der Waals surface area (Å²) in [5.41, 5.74) is 1.35. The number of nitrogens with one attached hydrogen (secondary N) is 1. The summed E-state index contributed by atoms with van der Waals surface area (Å²) in [5.74, 6) is 0.128. The van der Waals surface area contributed by atoms with Crippen LogP contribution in [-0.2, 0) is 26.6 Å². The molecule has 10 heteroatoms. The molecule has 4 aromatic rings. The molecule has 2 heterocycles. The van der Waals surface area contributed by atoms with Crippen molar-refractivity contribution in [2.45, 2.75) is 69.6 Å². The number of pyridine rings is 1. The molecule has 0 saturated heterocycles. The van der Waals surface area contributed by atoms with E-state index in [4.69, 9.17) is 4.74 Å². The maximum absolute atomic E-state index is 15.4. The normalized spacial score (nSPS) is 17.4. The maximum atomic E-state index is 15.4. The zero-order valence-electron chi connectivity index (χ0n) is 23.2. The Morgan fingerprint density at radius 2 is 1.90 bits per heavy atom. The number of aromatic nitrogens is 3. The van der Waals surface area contributed by atoms with Gasteiger partial charge in [0.25, 0.3) is 0 Å². The molecule has 2 aromatic heterocycles. The second kappa shape index (κ2) is 10.3. The zero-order chi connectivity index (χ0) is 28.8. The Bertz CT molecular complexity index is 1700. The fraction of sp³-hybridized carbons (Fsp3) is 0.367. The van der Waals surface area contributed by atoms with Crippen molar-refractivity contribution in [2.24, 2.45) is 5.92 Å². The number of amides is 1. The molecule has 0 spiro atoms. The van der Waals surface area contributed by atoms with Gasteiger partial charge in [0.1, 0.15) is 17.3 Å². The molecule has 8 nitrogen and oxygen atoms in total. The lowest BCUT2D eigenvalue weighted by Gasteiger charge is -2.32. The lowest BCUT2D eigenvalue weighted by atomic mass is 9.87. The highest BCUT2D eigenvalue weighted by molar-refractivity contribution is 7.92. The van der Waals surface area contributed by atoms with E-state index in [1.54, 1.807) is 60.5 Å². The van der Waals surface area contributed by atoms with E-state index in [1.807, 2.05) is 27.7 Å². The third kappa shape index (κ3) is 5.45. The van der Waals surface area contributed by atoms with Crippen LogP contribution in [0.5, 0.6) is 11.5 Å². The number of carbonyl (C=O) groups is 1. The molecule has 1 aliphatic rings. The highest BCUT2D eigenvalue weighted by Gasteiger charge is 2.37. The number of anilines is 1. The van der Waals surface area contributed by atoms with Gasteiger partial charge in [-0.05, 0) is 82.3 Å². The summed E-state index contributed by atoms with van der Waals surface area (Å²) in [5, 5.41) is 7.17. The van der Waals surface area contributed by atoms with Crippen LogP contribution in [-0.4, -0.2) is 34.3 Å². The average Bonchev–Trinajstić information content (AvgIpc) is 3.35. The summed E-state index contributed by atoms with van der Waals surface area (Å²) >= 11 is 0. The van der Waals surface area contributed by atoms with Gasteiger partial charge in [-0.2, -0.15) is 5.10 Å². The van der Waals surface area contributed by atoms with Gasteiger partial charge in [-0.15, -0.1) is 0 Å². The van der Waals surface area contributed by atoms with E-state index in [0.717, 1.165) is 0 Å². The first-order valence-electron chi connectivity index (χ1n) is 13.3. The van der Waals surface area contributed by atoms with Crippen molar-refractivity contribution < 1.29 is 22.3 Å². The number of ether oxygens (including phenoxy) is 1. The summed E-state index contributed by atoms with van der Waals surface area (Å²) < 4.78 is 49.4. The monoisotopic (exact) mass is 564 g/mol. The molecule has 0 bridgehead atoms. The Hall–Kier alpha value is -3.79. The molecule has 1 aliphatic carbocycles. The molecule has 0 aliphatic heterocycles. The Kier molecular flexibility index (Phi) is 7.16. The lowest BCUT2D eigenvalue weighted by molar-refractivity contribution is -0.115. The van der Waals surface area contributed by atoms with Crippen LogP contribution in [0, 0.1) is 18.7 Å². The summed E-state index contributed by atoms with van der Waals surface area (Å²) in [4.78, 5) is 17.2. The van der Waals surface area contributed by atoms with E-state index in [0.29, 0.717) is 41.1 Å². The number of hydrogen-bond acceptors (Lipinski definition) is 6. The Balaban J connectivity index is 1.35. The summed E-state index contributed by atoms with van der Waals surface area (Å²) in [6.07, 6.45) is 6.00. The maximum Gasteiger partial charge on any atom is 0.228 e. The van der Waals surface area contributed by atoms with Crippen molar-refractivity contribution in [1.29, 1.82) is 0 Å². The van der Waals surface area contributed by atoms with E-state index in [9.17, 15) is 13.2 Å².